The number of hydrogen-bond acceptors (Lipinski definition) is 6. The van der Waals surface area contributed by atoms with Crippen LogP contribution in [0.5, 0.6) is 0 Å². The number of ether oxygens (including phenoxy) is 2. The molecule has 0 spiro atoms. The SMILES string of the molecule is CC(C)[Si](OC[C@H]1[C@H](C)OC(=O)[C@@H]1Cc1ccccc1)(C(C)C)C(C)C.C[C@@H]1OC(=O)[C@H](Cc2ccccc2)[C@H]1CO. The van der Waals surface area contributed by atoms with Crippen molar-refractivity contribution in [1.29, 1.82) is 0 Å². The maximum absolute atomic E-state index is 12.5. The van der Waals surface area contributed by atoms with Crippen molar-refractivity contribution in [2.45, 2.75) is 97.1 Å². The van der Waals surface area contributed by atoms with E-state index in [2.05, 4.69) is 53.7 Å². The average molecular weight is 597 g/mol. The van der Waals surface area contributed by atoms with Crippen LogP contribution in [0.2, 0.25) is 16.6 Å². The highest BCUT2D eigenvalue weighted by molar-refractivity contribution is 6.77. The minimum absolute atomic E-state index is 0.00437. The normalized spacial score (nSPS) is 25.9. The summed E-state index contributed by atoms with van der Waals surface area (Å²) in [6, 6.07) is 20.1. The number of carbonyl (C=O) groups is 2. The summed E-state index contributed by atoms with van der Waals surface area (Å²) in [5, 5.41) is 9.27. The lowest BCUT2D eigenvalue weighted by molar-refractivity contribution is -0.144. The van der Waals surface area contributed by atoms with Gasteiger partial charge in [-0.1, -0.05) is 102 Å². The molecule has 2 aromatic rings. The van der Waals surface area contributed by atoms with Gasteiger partial charge in [0.05, 0.1) is 18.4 Å². The molecule has 6 atom stereocenters. The molecule has 2 aromatic carbocycles. The molecular weight excluding hydrogens is 544 g/mol. The Labute approximate surface area is 254 Å². The fourth-order valence-corrected chi connectivity index (χ4v) is 12.7. The molecule has 2 aliphatic rings. The number of benzene rings is 2. The first-order chi connectivity index (χ1) is 19.9. The number of carbonyl (C=O) groups excluding carboxylic acids is 2. The lowest BCUT2D eigenvalue weighted by Crippen LogP contribution is -2.49. The van der Waals surface area contributed by atoms with E-state index in [1.54, 1.807) is 0 Å². The van der Waals surface area contributed by atoms with Crippen molar-refractivity contribution in [3.63, 3.8) is 0 Å². The van der Waals surface area contributed by atoms with Crippen LogP contribution in [0.1, 0.15) is 66.5 Å². The van der Waals surface area contributed by atoms with Gasteiger partial charge in [-0.15, -0.1) is 0 Å². The summed E-state index contributed by atoms with van der Waals surface area (Å²) in [5.41, 5.74) is 3.93. The average Bonchev–Trinajstić information content (AvgIpc) is 3.37. The first-order valence-electron chi connectivity index (χ1n) is 15.7. The van der Waals surface area contributed by atoms with Crippen molar-refractivity contribution in [1.82, 2.24) is 0 Å². The summed E-state index contributed by atoms with van der Waals surface area (Å²) < 4.78 is 17.5. The minimum atomic E-state index is -1.94. The fourth-order valence-electron chi connectivity index (χ4n) is 7.19. The number of cyclic esters (lactones) is 2. The van der Waals surface area contributed by atoms with E-state index >= 15 is 0 Å². The van der Waals surface area contributed by atoms with Gasteiger partial charge in [-0.3, -0.25) is 9.59 Å². The van der Waals surface area contributed by atoms with Crippen molar-refractivity contribution in [2.75, 3.05) is 13.2 Å². The van der Waals surface area contributed by atoms with Gasteiger partial charge < -0.3 is 19.0 Å². The predicted molar refractivity (Wildman–Crippen MR) is 169 cm³/mol. The largest absolute Gasteiger partial charge is 0.462 e. The van der Waals surface area contributed by atoms with Crippen molar-refractivity contribution < 1.29 is 28.6 Å². The quantitative estimate of drug-likeness (QED) is 0.222. The fraction of sp³-hybridized carbons (Fsp3) is 0.600. The van der Waals surface area contributed by atoms with E-state index in [0.29, 0.717) is 29.7 Å². The van der Waals surface area contributed by atoms with E-state index in [1.807, 2.05) is 62.4 Å². The summed E-state index contributed by atoms with van der Waals surface area (Å²) in [5.74, 6) is -0.511. The summed E-state index contributed by atoms with van der Waals surface area (Å²) >= 11 is 0. The molecule has 2 heterocycles. The number of rotatable bonds is 11. The summed E-state index contributed by atoms with van der Waals surface area (Å²) in [6.45, 7) is 18.3. The van der Waals surface area contributed by atoms with Crippen LogP contribution in [0.3, 0.4) is 0 Å². The molecule has 0 amide bonds. The molecule has 0 radical (unpaired) electrons. The van der Waals surface area contributed by atoms with Crippen LogP contribution in [-0.4, -0.2) is 50.8 Å². The third-order valence-corrected chi connectivity index (χ3v) is 15.6. The van der Waals surface area contributed by atoms with Gasteiger partial charge in [0.25, 0.3) is 0 Å². The van der Waals surface area contributed by atoms with Crippen molar-refractivity contribution in [3.8, 4) is 0 Å². The van der Waals surface area contributed by atoms with Gasteiger partial charge in [-0.25, -0.2) is 0 Å². The van der Waals surface area contributed by atoms with Crippen LogP contribution in [0.25, 0.3) is 0 Å². The van der Waals surface area contributed by atoms with E-state index in [4.69, 9.17) is 13.9 Å². The summed E-state index contributed by atoms with van der Waals surface area (Å²) in [7, 11) is -1.94. The third-order valence-electron chi connectivity index (χ3n) is 9.49. The summed E-state index contributed by atoms with van der Waals surface area (Å²) in [6.07, 6.45) is 1.13. The Morgan fingerprint density at radius 2 is 1.07 bits per heavy atom. The summed E-state index contributed by atoms with van der Waals surface area (Å²) in [4.78, 5) is 24.1. The Bertz CT molecular complexity index is 1100. The highest BCUT2D eigenvalue weighted by atomic mass is 28.4. The molecule has 2 aliphatic heterocycles. The Morgan fingerprint density at radius 3 is 1.45 bits per heavy atom. The standard InChI is InChI=1S/C22H36O3Si.C13H16O3/c1-15(2)26(16(3)4,17(5)6)24-14-21-18(7)25-22(23)20(21)13-19-11-9-8-10-12-19;1-9-12(8-14)11(13(15)16-9)7-10-5-3-2-4-6-10/h8-12,15-18,20-21H,13-14H2,1-7H3;2-6,9,11-12,14H,7-8H2,1H3/t18-,20+,21-;9-,11+,12-/m00/s1. The molecule has 6 nitrogen and oxygen atoms in total. The number of hydrogen-bond donors (Lipinski definition) is 1. The molecule has 4 rings (SSSR count). The molecule has 0 aliphatic carbocycles. The van der Waals surface area contributed by atoms with Gasteiger partial charge in [0.2, 0.25) is 0 Å². The molecule has 2 saturated heterocycles. The lowest BCUT2D eigenvalue weighted by Gasteiger charge is -2.43. The highest BCUT2D eigenvalue weighted by Crippen LogP contribution is 2.43. The van der Waals surface area contributed by atoms with Crippen LogP contribution in [0.4, 0.5) is 0 Å². The molecule has 0 saturated carbocycles. The van der Waals surface area contributed by atoms with Crippen molar-refractivity contribution in [2.24, 2.45) is 23.7 Å². The van der Waals surface area contributed by atoms with Crippen molar-refractivity contribution in [3.05, 3.63) is 71.8 Å². The first-order valence-corrected chi connectivity index (χ1v) is 17.8. The lowest BCUT2D eigenvalue weighted by atomic mass is 9.87. The zero-order valence-electron chi connectivity index (χ0n) is 26.8. The van der Waals surface area contributed by atoms with Gasteiger partial charge in [0, 0.05) is 18.4 Å². The second kappa shape index (κ2) is 15.3. The molecule has 0 unspecified atom stereocenters. The Kier molecular flexibility index (Phi) is 12.4. The van der Waals surface area contributed by atoms with Gasteiger partial charge in [-0.05, 0) is 54.4 Å². The maximum Gasteiger partial charge on any atom is 0.310 e. The van der Waals surface area contributed by atoms with Crippen LogP contribution < -0.4 is 0 Å². The van der Waals surface area contributed by atoms with Crippen LogP contribution in [0.15, 0.2) is 60.7 Å². The number of aliphatic hydroxyl groups excluding tert-OH is 1. The highest BCUT2D eigenvalue weighted by Gasteiger charge is 2.48. The van der Waals surface area contributed by atoms with E-state index < -0.39 is 8.32 Å². The molecule has 0 aromatic heterocycles. The second-order valence-corrected chi connectivity index (χ2v) is 18.5. The monoisotopic (exact) mass is 596 g/mol. The van der Waals surface area contributed by atoms with Gasteiger partial charge in [0.1, 0.15) is 12.2 Å². The topological polar surface area (TPSA) is 82.1 Å². The molecule has 1 N–H and O–H groups in total. The number of aliphatic hydroxyl groups is 1. The van der Waals surface area contributed by atoms with Crippen molar-refractivity contribution >= 4 is 20.3 Å². The molecule has 232 valence electrons. The Morgan fingerprint density at radius 1 is 0.690 bits per heavy atom. The van der Waals surface area contributed by atoms with E-state index in [-0.39, 0.29) is 54.4 Å². The maximum atomic E-state index is 12.5. The zero-order chi connectivity index (χ0) is 31.0. The molecule has 0 bridgehead atoms. The second-order valence-electron chi connectivity index (χ2n) is 13.0. The predicted octanol–water partition coefficient (Wildman–Crippen LogP) is 7.00. The molecule has 7 heteroatoms. The van der Waals surface area contributed by atoms with Crippen LogP contribution >= 0.6 is 0 Å². The van der Waals surface area contributed by atoms with E-state index in [9.17, 15) is 14.7 Å². The Hall–Kier alpha value is -2.48. The molecule has 2 fully saturated rings. The van der Waals surface area contributed by atoms with Crippen LogP contribution in [-0.2, 0) is 36.3 Å². The zero-order valence-corrected chi connectivity index (χ0v) is 27.8. The molecule has 42 heavy (non-hydrogen) atoms. The van der Waals surface area contributed by atoms with Crippen LogP contribution in [0, 0.1) is 23.7 Å². The van der Waals surface area contributed by atoms with E-state index in [0.717, 1.165) is 12.0 Å². The van der Waals surface area contributed by atoms with Gasteiger partial charge in [-0.2, -0.15) is 0 Å². The van der Waals surface area contributed by atoms with E-state index in [1.165, 1.54) is 5.56 Å². The molecular formula is C35H52O6Si. The van der Waals surface area contributed by atoms with Gasteiger partial charge >= 0.3 is 11.9 Å². The Balaban J connectivity index is 0.000000258. The van der Waals surface area contributed by atoms with Gasteiger partial charge in [0.15, 0.2) is 8.32 Å². The smallest absolute Gasteiger partial charge is 0.310 e. The minimum Gasteiger partial charge on any atom is -0.462 e. The first kappa shape index (κ1) is 34.0. The number of esters is 2. The third kappa shape index (κ3) is 7.91.